The first-order chi connectivity index (χ1) is 14.9. The molecule has 2 heterocycles. The lowest BCUT2D eigenvalue weighted by molar-refractivity contribution is 0.0687. The largest absolute Gasteiger partial charge is 0.339 e. The van der Waals surface area contributed by atoms with Crippen LogP contribution < -0.4 is 4.72 Å². The normalized spacial score (nSPS) is 15.3. The molecule has 2 aromatic carbocycles. The molecule has 1 N–H and O–H groups in total. The van der Waals surface area contributed by atoms with Crippen LogP contribution in [-0.4, -0.2) is 43.8 Å². The fourth-order valence-corrected chi connectivity index (χ4v) is 5.19. The molecule has 0 unspecified atom stereocenters. The molecule has 0 aliphatic carbocycles. The van der Waals surface area contributed by atoms with Gasteiger partial charge in [0.25, 0.3) is 5.91 Å². The van der Waals surface area contributed by atoms with E-state index in [4.69, 9.17) is 0 Å². The standard InChI is InChI=1S/C23H24FN3O3S/c24-20-8-6-19(7-9-20)23(28)27-15-11-17(12-16-27)10-14-26-31(29,30)21-5-1-3-18-4-2-13-25-22(18)21/h1-9,13,17,26H,10-12,14-16H2. The zero-order chi connectivity index (χ0) is 21.8. The maximum Gasteiger partial charge on any atom is 0.253 e. The number of aromatic nitrogens is 1. The van der Waals surface area contributed by atoms with Gasteiger partial charge in [-0.05, 0) is 61.6 Å². The van der Waals surface area contributed by atoms with Crippen molar-refractivity contribution < 1.29 is 17.6 Å². The number of halogens is 1. The highest BCUT2D eigenvalue weighted by molar-refractivity contribution is 7.89. The van der Waals surface area contributed by atoms with Crippen LogP contribution in [0.3, 0.4) is 0 Å². The summed E-state index contributed by atoms with van der Waals surface area (Å²) in [6.07, 6.45) is 3.91. The number of likely N-dealkylation sites (tertiary alicyclic amines) is 1. The van der Waals surface area contributed by atoms with Gasteiger partial charge in [0.05, 0.1) is 5.52 Å². The van der Waals surface area contributed by atoms with Gasteiger partial charge in [0, 0.05) is 36.8 Å². The molecule has 1 aromatic heterocycles. The number of nitrogens with one attached hydrogen (secondary N) is 1. The zero-order valence-electron chi connectivity index (χ0n) is 17.0. The van der Waals surface area contributed by atoms with Crippen molar-refractivity contribution in [3.8, 4) is 0 Å². The van der Waals surface area contributed by atoms with Gasteiger partial charge < -0.3 is 4.90 Å². The Morgan fingerprint density at radius 3 is 2.52 bits per heavy atom. The van der Waals surface area contributed by atoms with Gasteiger partial charge in [0.1, 0.15) is 10.7 Å². The number of para-hydroxylation sites is 1. The Hall–Kier alpha value is -2.84. The summed E-state index contributed by atoms with van der Waals surface area (Å²) in [5.74, 6) is -0.120. The third-order valence-electron chi connectivity index (χ3n) is 5.72. The first kappa shape index (κ1) is 21.4. The number of hydrogen-bond donors (Lipinski definition) is 1. The molecule has 0 bridgehead atoms. The van der Waals surface area contributed by atoms with Gasteiger partial charge in [-0.2, -0.15) is 0 Å². The fourth-order valence-electron chi connectivity index (χ4n) is 3.97. The van der Waals surface area contributed by atoms with Crippen molar-refractivity contribution in [2.75, 3.05) is 19.6 Å². The molecule has 1 aliphatic rings. The number of pyridine rings is 1. The summed E-state index contributed by atoms with van der Waals surface area (Å²) < 4.78 is 41.3. The third kappa shape index (κ3) is 4.91. The molecule has 8 heteroatoms. The number of fused-ring (bicyclic) bond motifs is 1. The molecule has 6 nitrogen and oxygen atoms in total. The first-order valence-corrected chi connectivity index (χ1v) is 11.8. The highest BCUT2D eigenvalue weighted by Crippen LogP contribution is 2.23. The summed E-state index contributed by atoms with van der Waals surface area (Å²) >= 11 is 0. The number of benzene rings is 2. The van der Waals surface area contributed by atoms with E-state index in [0.717, 1.165) is 18.2 Å². The first-order valence-electron chi connectivity index (χ1n) is 10.3. The van der Waals surface area contributed by atoms with Gasteiger partial charge in [0.2, 0.25) is 10.0 Å². The summed E-state index contributed by atoms with van der Waals surface area (Å²) in [4.78, 5) is 18.7. The molecule has 1 saturated heterocycles. The van der Waals surface area contributed by atoms with Crippen molar-refractivity contribution in [2.24, 2.45) is 5.92 Å². The topological polar surface area (TPSA) is 79.4 Å². The lowest BCUT2D eigenvalue weighted by Crippen LogP contribution is -2.39. The Kier molecular flexibility index (Phi) is 6.29. The summed E-state index contributed by atoms with van der Waals surface area (Å²) in [5.41, 5.74) is 0.946. The van der Waals surface area contributed by atoms with Crippen LogP contribution in [0.15, 0.2) is 65.7 Å². The molecule has 1 fully saturated rings. The molecule has 1 amide bonds. The molecule has 0 spiro atoms. The van der Waals surface area contributed by atoms with E-state index in [1.807, 2.05) is 12.1 Å². The maximum atomic E-state index is 13.1. The van der Waals surface area contributed by atoms with Crippen LogP contribution in [0.2, 0.25) is 0 Å². The third-order valence-corrected chi connectivity index (χ3v) is 7.22. The smallest absolute Gasteiger partial charge is 0.253 e. The van der Waals surface area contributed by atoms with Gasteiger partial charge in [0.15, 0.2) is 0 Å². The summed E-state index contributed by atoms with van der Waals surface area (Å²) in [7, 11) is -3.66. The lowest BCUT2D eigenvalue weighted by atomic mass is 9.93. The van der Waals surface area contributed by atoms with Crippen molar-refractivity contribution >= 4 is 26.8 Å². The minimum absolute atomic E-state index is 0.0948. The van der Waals surface area contributed by atoms with E-state index in [-0.39, 0.29) is 16.6 Å². The second kappa shape index (κ2) is 9.11. The summed E-state index contributed by atoms with van der Waals surface area (Å²) in [5, 5.41) is 0.781. The van der Waals surface area contributed by atoms with Crippen LogP contribution in [-0.2, 0) is 10.0 Å². The summed E-state index contributed by atoms with van der Waals surface area (Å²) in [6, 6.07) is 14.3. The van der Waals surface area contributed by atoms with E-state index in [2.05, 4.69) is 9.71 Å². The van der Waals surface area contributed by atoms with Crippen LogP contribution >= 0.6 is 0 Å². The highest BCUT2D eigenvalue weighted by atomic mass is 32.2. The number of carbonyl (C=O) groups is 1. The number of amides is 1. The molecule has 0 atom stereocenters. The molecule has 3 aromatic rings. The van der Waals surface area contributed by atoms with E-state index < -0.39 is 10.0 Å². The zero-order valence-corrected chi connectivity index (χ0v) is 17.8. The fraction of sp³-hybridized carbons (Fsp3) is 0.304. The minimum Gasteiger partial charge on any atom is -0.339 e. The minimum atomic E-state index is -3.66. The van der Waals surface area contributed by atoms with E-state index in [1.54, 1.807) is 29.3 Å². The Morgan fingerprint density at radius 2 is 1.77 bits per heavy atom. The Bertz CT molecular complexity index is 1170. The average molecular weight is 442 g/mol. The Labute approximate surface area is 181 Å². The Morgan fingerprint density at radius 1 is 1.06 bits per heavy atom. The second-order valence-electron chi connectivity index (χ2n) is 7.76. The number of sulfonamides is 1. The van der Waals surface area contributed by atoms with Gasteiger partial charge in [-0.1, -0.05) is 18.2 Å². The maximum absolute atomic E-state index is 13.1. The molecule has 0 saturated carbocycles. The SMILES string of the molecule is O=C(c1ccc(F)cc1)N1CCC(CCNS(=O)(=O)c2cccc3cccnc23)CC1. The van der Waals surface area contributed by atoms with Crippen LogP contribution in [0.4, 0.5) is 4.39 Å². The van der Waals surface area contributed by atoms with E-state index >= 15 is 0 Å². The predicted molar refractivity (Wildman–Crippen MR) is 117 cm³/mol. The van der Waals surface area contributed by atoms with Crippen molar-refractivity contribution in [1.82, 2.24) is 14.6 Å². The average Bonchev–Trinajstić information content (AvgIpc) is 2.79. The molecular weight excluding hydrogens is 417 g/mol. The van der Waals surface area contributed by atoms with Crippen molar-refractivity contribution in [1.29, 1.82) is 0 Å². The van der Waals surface area contributed by atoms with Crippen molar-refractivity contribution in [3.63, 3.8) is 0 Å². The predicted octanol–water partition coefficient (Wildman–Crippen LogP) is 3.59. The molecule has 31 heavy (non-hydrogen) atoms. The van der Waals surface area contributed by atoms with Crippen LogP contribution in [0.25, 0.3) is 10.9 Å². The van der Waals surface area contributed by atoms with Crippen LogP contribution in [0.1, 0.15) is 29.6 Å². The van der Waals surface area contributed by atoms with Gasteiger partial charge >= 0.3 is 0 Å². The number of piperidine rings is 1. The Balaban J connectivity index is 1.30. The van der Waals surface area contributed by atoms with E-state index in [9.17, 15) is 17.6 Å². The quantitative estimate of drug-likeness (QED) is 0.634. The number of rotatable bonds is 6. The lowest BCUT2D eigenvalue weighted by Gasteiger charge is -2.32. The monoisotopic (exact) mass is 441 g/mol. The second-order valence-corrected chi connectivity index (χ2v) is 9.50. The highest BCUT2D eigenvalue weighted by Gasteiger charge is 2.24. The van der Waals surface area contributed by atoms with Gasteiger partial charge in [-0.3, -0.25) is 9.78 Å². The van der Waals surface area contributed by atoms with Gasteiger partial charge in [-0.25, -0.2) is 17.5 Å². The number of nitrogens with zero attached hydrogens (tertiary/aromatic N) is 2. The van der Waals surface area contributed by atoms with Crippen molar-refractivity contribution in [2.45, 2.75) is 24.2 Å². The van der Waals surface area contributed by atoms with E-state index in [0.29, 0.717) is 43.1 Å². The molecule has 0 radical (unpaired) electrons. The number of carbonyl (C=O) groups excluding carboxylic acids is 1. The summed E-state index contributed by atoms with van der Waals surface area (Å²) in [6.45, 7) is 1.56. The van der Waals surface area contributed by atoms with Crippen LogP contribution in [0.5, 0.6) is 0 Å². The molecule has 4 rings (SSSR count). The van der Waals surface area contributed by atoms with Gasteiger partial charge in [-0.15, -0.1) is 0 Å². The van der Waals surface area contributed by atoms with Crippen molar-refractivity contribution in [3.05, 3.63) is 72.2 Å². The molecular formula is C23H24FN3O3S. The number of hydrogen-bond acceptors (Lipinski definition) is 4. The van der Waals surface area contributed by atoms with Crippen LogP contribution in [0, 0.1) is 11.7 Å². The van der Waals surface area contributed by atoms with E-state index in [1.165, 1.54) is 24.3 Å². The molecule has 162 valence electrons. The molecule has 1 aliphatic heterocycles.